The highest BCUT2D eigenvalue weighted by molar-refractivity contribution is 5.85. The molecule has 3 heteroatoms. The highest BCUT2D eigenvalue weighted by Gasteiger charge is 2.22. The van der Waals surface area contributed by atoms with Gasteiger partial charge in [0.1, 0.15) is 5.82 Å². The fraction of sp³-hybridized carbons (Fsp3) is 0.310. The Kier molecular flexibility index (Phi) is 6.83. The smallest absolute Gasteiger partial charge is 0.167 e. The first-order valence-electron chi connectivity index (χ1n) is 11.6. The Balaban J connectivity index is 1.62. The third-order valence-electron chi connectivity index (χ3n) is 6.48. The van der Waals surface area contributed by atoms with Gasteiger partial charge < -0.3 is 0 Å². The molecule has 0 saturated heterocycles. The Morgan fingerprint density at radius 2 is 1.44 bits per heavy atom. The Bertz CT molecular complexity index is 1140. The van der Waals surface area contributed by atoms with Gasteiger partial charge in [0.15, 0.2) is 11.6 Å². The van der Waals surface area contributed by atoms with Gasteiger partial charge in [-0.05, 0) is 65.5 Å². The summed E-state index contributed by atoms with van der Waals surface area (Å²) in [7, 11) is 0. The number of allylic oxidation sites excluding steroid dienone is 1. The number of hydrogen-bond donors (Lipinski definition) is 0. The summed E-state index contributed by atoms with van der Waals surface area (Å²) in [5.41, 5.74) is 5.46. The summed E-state index contributed by atoms with van der Waals surface area (Å²) >= 11 is 0. The summed E-state index contributed by atoms with van der Waals surface area (Å²) in [6, 6.07) is 15.1. The predicted octanol–water partition coefficient (Wildman–Crippen LogP) is 8.55. The zero-order valence-electron chi connectivity index (χ0n) is 18.8. The standard InChI is InChI=1S/C29H29F3/c1-3-5-6-7-19-8-10-21(11-9-19)22-13-15-24-23(18-22)14-17-25(28(24)31)26-16-12-20(4-2)27(30)29(26)32/h8-12,14,16-18H,3-7,13,15H2,1-2H3. The first-order valence-corrected chi connectivity index (χ1v) is 11.6. The Morgan fingerprint density at radius 1 is 0.719 bits per heavy atom. The van der Waals surface area contributed by atoms with Gasteiger partial charge in [0.25, 0.3) is 0 Å². The van der Waals surface area contributed by atoms with E-state index in [1.807, 2.05) is 12.1 Å². The van der Waals surface area contributed by atoms with Crippen molar-refractivity contribution in [3.63, 3.8) is 0 Å². The molecule has 0 amide bonds. The molecule has 0 bridgehead atoms. The average Bonchev–Trinajstić information content (AvgIpc) is 2.82. The second-order valence-electron chi connectivity index (χ2n) is 8.57. The molecule has 0 aliphatic heterocycles. The molecular formula is C29H29F3. The molecule has 0 spiro atoms. The number of halogens is 3. The first-order chi connectivity index (χ1) is 15.5. The van der Waals surface area contributed by atoms with Gasteiger partial charge in [0.05, 0.1) is 0 Å². The summed E-state index contributed by atoms with van der Waals surface area (Å²) < 4.78 is 44.2. The van der Waals surface area contributed by atoms with E-state index in [1.165, 1.54) is 42.5 Å². The van der Waals surface area contributed by atoms with Crippen molar-refractivity contribution in [2.24, 2.45) is 0 Å². The molecule has 4 rings (SSSR count). The normalized spacial score (nSPS) is 13.1. The quantitative estimate of drug-likeness (QED) is 0.327. The van der Waals surface area contributed by atoms with Crippen molar-refractivity contribution in [1.82, 2.24) is 0 Å². The van der Waals surface area contributed by atoms with Crippen LogP contribution in [0.3, 0.4) is 0 Å². The van der Waals surface area contributed by atoms with Crippen molar-refractivity contribution < 1.29 is 13.2 Å². The summed E-state index contributed by atoms with van der Waals surface area (Å²) in [5.74, 6) is -2.32. The monoisotopic (exact) mass is 434 g/mol. The van der Waals surface area contributed by atoms with E-state index in [4.69, 9.17) is 0 Å². The molecule has 0 N–H and O–H groups in total. The van der Waals surface area contributed by atoms with Crippen molar-refractivity contribution in [2.75, 3.05) is 0 Å². The topological polar surface area (TPSA) is 0 Å². The molecule has 166 valence electrons. The zero-order valence-corrected chi connectivity index (χ0v) is 18.8. The molecule has 0 atom stereocenters. The molecular weight excluding hydrogens is 405 g/mol. The van der Waals surface area contributed by atoms with Crippen LogP contribution in [-0.4, -0.2) is 0 Å². The van der Waals surface area contributed by atoms with Crippen LogP contribution in [0.25, 0.3) is 22.8 Å². The molecule has 0 unspecified atom stereocenters. The van der Waals surface area contributed by atoms with Gasteiger partial charge in [-0.15, -0.1) is 0 Å². The van der Waals surface area contributed by atoms with Crippen molar-refractivity contribution in [2.45, 2.75) is 58.8 Å². The van der Waals surface area contributed by atoms with Gasteiger partial charge in [-0.2, -0.15) is 0 Å². The van der Waals surface area contributed by atoms with E-state index in [9.17, 15) is 8.78 Å². The van der Waals surface area contributed by atoms with Gasteiger partial charge >= 0.3 is 0 Å². The lowest BCUT2D eigenvalue weighted by Crippen LogP contribution is -2.05. The molecule has 0 heterocycles. The Hall–Kier alpha value is -2.81. The molecule has 1 aliphatic carbocycles. The third-order valence-corrected chi connectivity index (χ3v) is 6.48. The maximum Gasteiger partial charge on any atom is 0.167 e. The van der Waals surface area contributed by atoms with Crippen LogP contribution in [-0.2, 0) is 19.3 Å². The second kappa shape index (κ2) is 9.77. The van der Waals surface area contributed by atoms with E-state index in [-0.39, 0.29) is 11.1 Å². The lowest BCUT2D eigenvalue weighted by atomic mass is 9.86. The number of rotatable bonds is 7. The molecule has 0 fully saturated rings. The minimum Gasteiger partial charge on any atom is -0.206 e. The largest absolute Gasteiger partial charge is 0.206 e. The maximum absolute atomic E-state index is 15.3. The van der Waals surface area contributed by atoms with Crippen LogP contribution in [0.5, 0.6) is 0 Å². The van der Waals surface area contributed by atoms with Crippen LogP contribution in [0.1, 0.15) is 67.3 Å². The van der Waals surface area contributed by atoms with Crippen molar-refractivity contribution >= 4 is 11.6 Å². The van der Waals surface area contributed by atoms with Crippen LogP contribution in [0.15, 0.2) is 48.5 Å². The van der Waals surface area contributed by atoms with E-state index >= 15 is 4.39 Å². The lowest BCUT2D eigenvalue weighted by molar-refractivity contribution is 0.501. The van der Waals surface area contributed by atoms with Crippen molar-refractivity contribution in [3.05, 3.63) is 93.8 Å². The number of hydrogen-bond acceptors (Lipinski definition) is 0. The minimum atomic E-state index is -0.978. The molecule has 0 nitrogen and oxygen atoms in total. The van der Waals surface area contributed by atoms with Gasteiger partial charge in [0, 0.05) is 11.1 Å². The highest BCUT2D eigenvalue weighted by atomic mass is 19.2. The maximum atomic E-state index is 15.3. The minimum absolute atomic E-state index is 0.0200. The lowest BCUT2D eigenvalue weighted by Gasteiger charge is -2.20. The molecule has 0 radical (unpaired) electrons. The highest BCUT2D eigenvalue weighted by Crippen LogP contribution is 2.37. The average molecular weight is 435 g/mol. The third kappa shape index (κ3) is 4.39. The second-order valence-corrected chi connectivity index (χ2v) is 8.57. The summed E-state index contributed by atoms with van der Waals surface area (Å²) in [4.78, 5) is 0. The Morgan fingerprint density at radius 3 is 2.16 bits per heavy atom. The van der Waals surface area contributed by atoms with Crippen LogP contribution < -0.4 is 0 Å². The van der Waals surface area contributed by atoms with Gasteiger partial charge in [-0.25, -0.2) is 13.2 Å². The van der Waals surface area contributed by atoms with Crippen LogP contribution in [0, 0.1) is 17.5 Å². The predicted molar refractivity (Wildman–Crippen MR) is 127 cm³/mol. The summed E-state index contributed by atoms with van der Waals surface area (Å²) in [6.45, 7) is 3.97. The van der Waals surface area contributed by atoms with Crippen LogP contribution in [0.2, 0.25) is 0 Å². The summed E-state index contributed by atoms with van der Waals surface area (Å²) in [6.07, 6.45) is 8.44. The number of fused-ring (bicyclic) bond motifs is 1. The van der Waals surface area contributed by atoms with Crippen molar-refractivity contribution in [1.29, 1.82) is 0 Å². The molecule has 3 aromatic carbocycles. The number of benzene rings is 3. The van der Waals surface area contributed by atoms with Gasteiger partial charge in [-0.1, -0.05) is 81.3 Å². The number of unbranched alkanes of at least 4 members (excludes halogenated alkanes) is 2. The van der Waals surface area contributed by atoms with E-state index in [0.29, 0.717) is 30.4 Å². The van der Waals surface area contributed by atoms with Crippen LogP contribution in [0.4, 0.5) is 13.2 Å². The van der Waals surface area contributed by atoms with E-state index in [0.717, 1.165) is 17.5 Å². The fourth-order valence-corrected chi connectivity index (χ4v) is 4.52. The summed E-state index contributed by atoms with van der Waals surface area (Å²) in [5, 5.41) is 0. The zero-order chi connectivity index (χ0) is 22.7. The molecule has 1 aliphatic rings. The molecule has 32 heavy (non-hydrogen) atoms. The van der Waals surface area contributed by atoms with Crippen molar-refractivity contribution in [3.8, 4) is 11.1 Å². The van der Waals surface area contributed by atoms with E-state index in [1.54, 1.807) is 13.0 Å². The first kappa shape index (κ1) is 22.4. The van der Waals surface area contributed by atoms with E-state index < -0.39 is 17.5 Å². The molecule has 0 aromatic heterocycles. The fourth-order valence-electron chi connectivity index (χ4n) is 4.52. The molecule has 0 saturated carbocycles. The Labute approximate surface area is 188 Å². The number of aryl methyl sites for hydroxylation is 2. The van der Waals surface area contributed by atoms with Crippen LogP contribution >= 0.6 is 0 Å². The SMILES string of the molecule is CCCCCc1ccc(C2=Cc3ccc(-c4ccc(CC)c(F)c4F)c(F)c3CC2)cc1. The van der Waals surface area contributed by atoms with Gasteiger partial charge in [0.2, 0.25) is 0 Å². The molecule has 3 aromatic rings. The van der Waals surface area contributed by atoms with Gasteiger partial charge in [-0.3, -0.25) is 0 Å². The van der Waals surface area contributed by atoms with E-state index in [2.05, 4.69) is 31.2 Å².